The van der Waals surface area contributed by atoms with Crippen molar-refractivity contribution in [2.24, 2.45) is 17.8 Å². The zero-order chi connectivity index (χ0) is 19.0. The van der Waals surface area contributed by atoms with Crippen molar-refractivity contribution in [1.29, 1.82) is 0 Å². The summed E-state index contributed by atoms with van der Waals surface area (Å²) in [6.07, 6.45) is 9.62. The van der Waals surface area contributed by atoms with Gasteiger partial charge in [0, 0.05) is 25.3 Å². The number of carbonyl (C=O) groups excluding carboxylic acids is 1. The van der Waals surface area contributed by atoms with E-state index < -0.39 is 0 Å². The summed E-state index contributed by atoms with van der Waals surface area (Å²) >= 11 is 0. The fourth-order valence-electron chi connectivity index (χ4n) is 5.56. The molecular formula is C21H38N2O4. The minimum Gasteiger partial charge on any atom is -0.379 e. The fraction of sp³-hybridized carbons (Fsp3) is 0.952. The van der Waals surface area contributed by atoms with Gasteiger partial charge in [-0.1, -0.05) is 0 Å². The quantitative estimate of drug-likeness (QED) is 0.453. The summed E-state index contributed by atoms with van der Waals surface area (Å²) in [6.45, 7) is 6.77. The van der Waals surface area contributed by atoms with Crippen LogP contribution >= 0.6 is 0 Å². The minimum atomic E-state index is 0.0450. The van der Waals surface area contributed by atoms with Gasteiger partial charge < -0.3 is 24.8 Å². The van der Waals surface area contributed by atoms with Crippen molar-refractivity contribution in [2.75, 3.05) is 46.2 Å². The van der Waals surface area contributed by atoms with Crippen LogP contribution in [0.4, 0.5) is 4.79 Å². The topological polar surface area (TPSA) is 68.8 Å². The smallest absolute Gasteiger partial charge is 0.315 e. The molecule has 27 heavy (non-hydrogen) atoms. The van der Waals surface area contributed by atoms with Crippen molar-refractivity contribution in [1.82, 2.24) is 10.6 Å². The second kappa shape index (κ2) is 10.6. The Morgan fingerprint density at radius 2 is 1.56 bits per heavy atom. The van der Waals surface area contributed by atoms with Crippen LogP contribution in [-0.2, 0) is 14.2 Å². The van der Waals surface area contributed by atoms with Crippen molar-refractivity contribution in [3.8, 4) is 0 Å². The molecule has 156 valence electrons. The molecule has 4 aliphatic carbocycles. The molecule has 6 heteroatoms. The Labute approximate surface area is 164 Å². The predicted octanol–water partition coefficient (Wildman–Crippen LogP) is 3.10. The van der Waals surface area contributed by atoms with E-state index in [4.69, 9.17) is 14.2 Å². The predicted molar refractivity (Wildman–Crippen MR) is 105 cm³/mol. The highest BCUT2D eigenvalue weighted by molar-refractivity contribution is 5.75. The van der Waals surface area contributed by atoms with E-state index in [-0.39, 0.29) is 11.6 Å². The van der Waals surface area contributed by atoms with E-state index in [0.717, 1.165) is 56.8 Å². The molecule has 0 heterocycles. The Hall–Kier alpha value is -0.850. The zero-order valence-corrected chi connectivity index (χ0v) is 17.0. The fourth-order valence-corrected chi connectivity index (χ4v) is 5.56. The van der Waals surface area contributed by atoms with Crippen molar-refractivity contribution < 1.29 is 19.0 Å². The summed E-state index contributed by atoms with van der Waals surface area (Å²) in [7, 11) is 0. The van der Waals surface area contributed by atoms with Gasteiger partial charge in [-0.3, -0.25) is 0 Å². The van der Waals surface area contributed by atoms with Gasteiger partial charge in [0.05, 0.1) is 26.4 Å². The maximum Gasteiger partial charge on any atom is 0.315 e. The summed E-state index contributed by atoms with van der Waals surface area (Å²) in [6, 6.07) is 0.0450. The van der Waals surface area contributed by atoms with Gasteiger partial charge in [-0.25, -0.2) is 4.79 Å². The number of nitrogens with one attached hydrogen (secondary N) is 2. The highest BCUT2D eigenvalue weighted by Gasteiger charge is 2.58. The van der Waals surface area contributed by atoms with Crippen LogP contribution in [-0.4, -0.2) is 57.8 Å². The molecule has 4 saturated carbocycles. The number of unbranched alkanes of at least 4 members (excludes halogenated alkanes) is 2. The third-order valence-electron chi connectivity index (χ3n) is 6.55. The van der Waals surface area contributed by atoms with Crippen LogP contribution in [0, 0.1) is 17.8 Å². The molecule has 4 fully saturated rings. The van der Waals surface area contributed by atoms with Gasteiger partial charge in [0.2, 0.25) is 0 Å². The Morgan fingerprint density at radius 3 is 2.26 bits per heavy atom. The number of urea groups is 1. The van der Waals surface area contributed by atoms with Gasteiger partial charge >= 0.3 is 6.03 Å². The molecule has 2 unspecified atom stereocenters. The summed E-state index contributed by atoms with van der Waals surface area (Å²) in [5, 5.41) is 6.42. The van der Waals surface area contributed by atoms with E-state index in [9.17, 15) is 4.79 Å². The third kappa shape index (κ3) is 6.06. The van der Waals surface area contributed by atoms with Crippen LogP contribution < -0.4 is 10.6 Å². The van der Waals surface area contributed by atoms with Gasteiger partial charge in [0.25, 0.3) is 0 Å². The van der Waals surface area contributed by atoms with Crippen molar-refractivity contribution >= 4 is 6.03 Å². The minimum absolute atomic E-state index is 0.0450. The normalized spacial score (nSPS) is 30.8. The first kappa shape index (κ1) is 20.9. The first-order chi connectivity index (χ1) is 13.2. The summed E-state index contributed by atoms with van der Waals surface area (Å²) in [5.74, 6) is 2.49. The summed E-state index contributed by atoms with van der Waals surface area (Å²) < 4.78 is 16.1. The van der Waals surface area contributed by atoms with Crippen LogP contribution in [0.3, 0.4) is 0 Å². The molecule has 2 atom stereocenters. The average molecular weight is 383 g/mol. The molecule has 0 saturated heterocycles. The van der Waals surface area contributed by atoms with Crippen LogP contribution in [0.2, 0.25) is 0 Å². The maximum atomic E-state index is 12.3. The standard InChI is InChI=1S/C21H38N2O4/c1-2-25-8-9-27-11-10-26-7-5-3-4-6-22-20(24)23-21-15-17-12-18(16-21)14-19(21)13-17/h17-19H,2-16H2,1H3,(H2,22,23,24). The SMILES string of the molecule is CCOCCOCCOCCCCCNC(=O)NC12CC3CC(CC1C3)C2. The molecule has 0 spiro atoms. The molecule has 0 aromatic heterocycles. The largest absolute Gasteiger partial charge is 0.379 e. The van der Waals surface area contributed by atoms with Gasteiger partial charge in [-0.05, 0) is 76.0 Å². The van der Waals surface area contributed by atoms with Crippen LogP contribution in [0.1, 0.15) is 58.3 Å². The lowest BCUT2D eigenvalue weighted by Crippen LogP contribution is -2.53. The Balaban J connectivity index is 1.12. The van der Waals surface area contributed by atoms with E-state index in [1.165, 1.54) is 32.1 Å². The second-order valence-corrected chi connectivity index (χ2v) is 8.56. The number of hydrogen-bond donors (Lipinski definition) is 2. The highest BCUT2D eigenvalue weighted by Crippen LogP contribution is 2.60. The van der Waals surface area contributed by atoms with Gasteiger partial charge in [0.1, 0.15) is 0 Å². The molecule has 4 bridgehead atoms. The molecule has 2 amide bonds. The van der Waals surface area contributed by atoms with Crippen molar-refractivity contribution in [3.05, 3.63) is 0 Å². The lowest BCUT2D eigenvalue weighted by molar-refractivity contribution is 0.0162. The van der Waals surface area contributed by atoms with Crippen molar-refractivity contribution in [2.45, 2.75) is 63.8 Å². The number of rotatable bonds is 14. The molecule has 0 aromatic carbocycles. The Morgan fingerprint density at radius 1 is 0.889 bits per heavy atom. The average Bonchev–Trinajstić information content (AvgIpc) is 3.02. The molecule has 4 aliphatic rings. The maximum absolute atomic E-state index is 12.3. The molecule has 4 rings (SSSR count). The van der Waals surface area contributed by atoms with Crippen molar-refractivity contribution in [3.63, 3.8) is 0 Å². The lowest BCUT2D eigenvalue weighted by Gasteiger charge is -2.33. The first-order valence-corrected chi connectivity index (χ1v) is 11.0. The van der Waals surface area contributed by atoms with E-state index >= 15 is 0 Å². The Bertz CT molecular complexity index is 445. The molecule has 0 aliphatic heterocycles. The first-order valence-electron chi connectivity index (χ1n) is 11.0. The van der Waals surface area contributed by atoms with E-state index in [0.29, 0.717) is 26.4 Å². The number of ether oxygens (including phenoxy) is 3. The second-order valence-electron chi connectivity index (χ2n) is 8.56. The molecular weight excluding hydrogens is 344 g/mol. The van der Waals surface area contributed by atoms with Gasteiger partial charge in [-0.15, -0.1) is 0 Å². The zero-order valence-electron chi connectivity index (χ0n) is 17.0. The summed E-state index contributed by atoms with van der Waals surface area (Å²) in [4.78, 5) is 12.3. The summed E-state index contributed by atoms with van der Waals surface area (Å²) in [5.41, 5.74) is 0.135. The van der Waals surface area contributed by atoms with Crippen LogP contribution in [0.5, 0.6) is 0 Å². The lowest BCUT2D eigenvalue weighted by atomic mass is 9.80. The van der Waals surface area contributed by atoms with Gasteiger partial charge in [-0.2, -0.15) is 0 Å². The van der Waals surface area contributed by atoms with Gasteiger partial charge in [0.15, 0.2) is 0 Å². The third-order valence-corrected chi connectivity index (χ3v) is 6.55. The monoisotopic (exact) mass is 382 g/mol. The number of hydrogen-bond acceptors (Lipinski definition) is 4. The Kier molecular flexibility index (Phi) is 8.22. The van der Waals surface area contributed by atoms with Crippen LogP contribution in [0.25, 0.3) is 0 Å². The number of amides is 2. The number of carbonyl (C=O) groups is 1. The molecule has 2 N–H and O–H groups in total. The van der Waals surface area contributed by atoms with E-state index in [2.05, 4.69) is 10.6 Å². The molecule has 0 radical (unpaired) electrons. The van der Waals surface area contributed by atoms with E-state index in [1.54, 1.807) is 0 Å². The highest BCUT2D eigenvalue weighted by atomic mass is 16.5. The van der Waals surface area contributed by atoms with Crippen LogP contribution in [0.15, 0.2) is 0 Å². The molecule has 6 nitrogen and oxygen atoms in total. The molecule has 0 aromatic rings. The van der Waals surface area contributed by atoms with E-state index in [1.807, 2.05) is 6.92 Å².